The van der Waals surface area contributed by atoms with Crippen LogP contribution in [0, 0.1) is 19.7 Å². The van der Waals surface area contributed by atoms with E-state index in [-0.39, 0.29) is 42.5 Å². The summed E-state index contributed by atoms with van der Waals surface area (Å²) >= 11 is 6.20. The second kappa shape index (κ2) is 9.64. The van der Waals surface area contributed by atoms with Crippen LogP contribution in [-0.4, -0.2) is 40.5 Å². The number of aryl methyl sites for hydroxylation is 2. The van der Waals surface area contributed by atoms with Crippen molar-refractivity contribution in [2.24, 2.45) is 5.73 Å². The first-order chi connectivity index (χ1) is 16.2. The average molecular weight is 485 g/mol. The largest absolute Gasteiger partial charge is 0.492 e. The summed E-state index contributed by atoms with van der Waals surface area (Å²) in [5, 5.41) is 0.545. The molecule has 0 saturated carbocycles. The average Bonchev–Trinajstić information content (AvgIpc) is 3.20. The second-order valence-corrected chi connectivity index (χ2v) is 8.45. The second-order valence-electron chi connectivity index (χ2n) is 8.07. The highest BCUT2D eigenvalue weighted by Crippen LogP contribution is 2.27. The number of nitrogens with zero attached hydrogens (tertiary/aromatic N) is 2. The summed E-state index contributed by atoms with van der Waals surface area (Å²) in [6.45, 7) is 4.28. The fraction of sp³-hybridized carbons (Fsp3) is 0.250. The number of carbonyl (C=O) groups excluding carboxylic acids is 1. The van der Waals surface area contributed by atoms with Gasteiger partial charge in [0.2, 0.25) is 5.56 Å². The van der Waals surface area contributed by atoms with Crippen LogP contribution >= 0.6 is 11.6 Å². The molecule has 176 valence electrons. The van der Waals surface area contributed by atoms with Crippen molar-refractivity contribution in [1.29, 1.82) is 0 Å². The molecule has 2 aromatic heterocycles. The van der Waals surface area contributed by atoms with Crippen molar-refractivity contribution in [3.05, 3.63) is 91.8 Å². The minimum atomic E-state index is -0.513. The molecule has 3 aromatic rings. The van der Waals surface area contributed by atoms with Crippen LogP contribution in [0.15, 0.2) is 47.0 Å². The highest BCUT2D eigenvalue weighted by molar-refractivity contribution is 6.31. The minimum absolute atomic E-state index is 0.143. The van der Waals surface area contributed by atoms with Gasteiger partial charge in [0.05, 0.1) is 30.8 Å². The van der Waals surface area contributed by atoms with Gasteiger partial charge in [0, 0.05) is 37.4 Å². The van der Waals surface area contributed by atoms with Crippen molar-refractivity contribution in [2.75, 3.05) is 19.7 Å². The molecule has 10 heteroatoms. The predicted octanol–water partition coefficient (Wildman–Crippen LogP) is 2.44. The zero-order chi connectivity index (χ0) is 24.4. The normalized spacial score (nSPS) is 13.5. The van der Waals surface area contributed by atoms with Crippen LogP contribution in [0.5, 0.6) is 5.75 Å². The van der Waals surface area contributed by atoms with E-state index < -0.39 is 5.82 Å². The van der Waals surface area contributed by atoms with Gasteiger partial charge in [-0.1, -0.05) is 17.7 Å². The number of amides is 1. The van der Waals surface area contributed by atoms with Gasteiger partial charge in [-0.15, -0.1) is 0 Å². The Hall–Kier alpha value is -3.72. The van der Waals surface area contributed by atoms with E-state index in [9.17, 15) is 14.0 Å². The number of carbonyl (C=O) groups is 1. The summed E-state index contributed by atoms with van der Waals surface area (Å²) in [5.41, 5.74) is 9.77. The highest BCUT2D eigenvalue weighted by Gasteiger charge is 2.32. The fourth-order valence-corrected chi connectivity index (χ4v) is 3.84. The van der Waals surface area contributed by atoms with E-state index in [2.05, 4.69) is 15.0 Å². The Kier molecular flexibility index (Phi) is 6.65. The molecule has 4 N–H and O–H groups in total. The van der Waals surface area contributed by atoms with E-state index in [0.717, 1.165) is 11.3 Å². The number of ether oxygens (including phenoxy) is 1. The molecule has 0 atom stereocenters. The van der Waals surface area contributed by atoms with Gasteiger partial charge in [-0.05, 0) is 29.6 Å². The first kappa shape index (κ1) is 23.4. The van der Waals surface area contributed by atoms with Gasteiger partial charge in [-0.3, -0.25) is 9.59 Å². The lowest BCUT2D eigenvalue weighted by molar-refractivity contribution is -0.396. The first-order valence-electron chi connectivity index (χ1n) is 10.7. The Morgan fingerprint density at radius 2 is 2.09 bits per heavy atom. The molecule has 3 heterocycles. The summed E-state index contributed by atoms with van der Waals surface area (Å²) in [7, 11) is 0. The lowest BCUT2D eigenvalue weighted by atomic mass is 10.1. The van der Waals surface area contributed by atoms with Gasteiger partial charge in [-0.25, -0.2) is 9.37 Å². The van der Waals surface area contributed by atoms with Crippen LogP contribution in [0.25, 0.3) is 5.57 Å². The zero-order valence-corrected chi connectivity index (χ0v) is 19.5. The maximum Gasteiger partial charge on any atom is 0.328 e. The Morgan fingerprint density at radius 3 is 2.79 bits per heavy atom. The maximum absolute atomic E-state index is 13.9. The number of rotatable bonds is 6. The summed E-state index contributed by atoms with van der Waals surface area (Å²) in [4.78, 5) is 36.3. The van der Waals surface area contributed by atoms with E-state index in [1.165, 1.54) is 24.3 Å². The van der Waals surface area contributed by atoms with Gasteiger partial charge in [0.25, 0.3) is 5.91 Å². The molecule has 0 unspecified atom stereocenters. The Morgan fingerprint density at radius 1 is 1.29 bits per heavy atom. The van der Waals surface area contributed by atoms with Gasteiger partial charge in [0.15, 0.2) is 5.69 Å². The van der Waals surface area contributed by atoms with Crippen LogP contribution in [0.4, 0.5) is 4.39 Å². The summed E-state index contributed by atoms with van der Waals surface area (Å²) in [6.07, 6.45) is 2.06. The van der Waals surface area contributed by atoms with E-state index >= 15 is 0 Å². The standard InChI is InChI=1S/C24H23ClFN5O3/c1-13-22(25)14(2)30-23(29-13)18-11-31(12-19(18)27)24(33)17-5-4-16(26)9-20(17)34-8-7-15-3-6-21(32)28-10-15/h3-6,9-10H,7-8,11-12,27H2,1-2H3,(H,28,32)/p+1. The maximum atomic E-state index is 13.9. The van der Waals surface area contributed by atoms with E-state index in [1.807, 2.05) is 6.92 Å². The number of halogens is 2. The Labute approximate surface area is 200 Å². The molecule has 1 aromatic carbocycles. The van der Waals surface area contributed by atoms with E-state index in [1.54, 1.807) is 24.1 Å². The highest BCUT2D eigenvalue weighted by atomic mass is 35.5. The summed E-state index contributed by atoms with van der Waals surface area (Å²) in [6, 6.07) is 6.92. The number of nitrogens with two attached hydrogens (primary N) is 1. The Bertz CT molecular complexity index is 1310. The molecule has 0 radical (unpaired) electrons. The van der Waals surface area contributed by atoms with Crippen LogP contribution in [0.2, 0.25) is 5.02 Å². The summed E-state index contributed by atoms with van der Waals surface area (Å²) < 4.78 is 19.7. The van der Waals surface area contributed by atoms with Gasteiger partial charge < -0.3 is 20.4 Å². The van der Waals surface area contributed by atoms with Crippen LogP contribution in [0.1, 0.15) is 33.1 Å². The topological polar surface area (TPSA) is 115 Å². The van der Waals surface area contributed by atoms with Gasteiger partial charge in [-0.2, -0.15) is 0 Å². The van der Waals surface area contributed by atoms with Crippen molar-refractivity contribution < 1.29 is 18.9 Å². The molecule has 1 aliphatic rings. The van der Waals surface area contributed by atoms with Gasteiger partial charge >= 0.3 is 5.82 Å². The number of H-pyrrole nitrogens is 2. The number of pyridine rings is 1. The molecule has 4 rings (SSSR count). The molecule has 0 spiro atoms. The van der Waals surface area contributed by atoms with Crippen molar-refractivity contribution in [1.82, 2.24) is 14.9 Å². The smallest absolute Gasteiger partial charge is 0.328 e. The van der Waals surface area contributed by atoms with Crippen LogP contribution < -0.4 is 21.0 Å². The fourth-order valence-electron chi connectivity index (χ4n) is 3.75. The molecule has 0 bridgehead atoms. The Balaban J connectivity index is 1.50. The molecule has 1 amide bonds. The number of nitrogens with one attached hydrogen (secondary N) is 2. The lowest BCUT2D eigenvalue weighted by Gasteiger charge is -2.18. The van der Waals surface area contributed by atoms with Crippen LogP contribution in [-0.2, 0) is 6.42 Å². The molecule has 0 aliphatic carbocycles. The number of aromatic amines is 2. The van der Waals surface area contributed by atoms with Crippen molar-refractivity contribution in [3.8, 4) is 5.75 Å². The molecule has 1 aliphatic heterocycles. The summed E-state index contributed by atoms with van der Waals surface area (Å²) in [5.74, 6) is -0.145. The molecule has 8 nitrogen and oxygen atoms in total. The molecular formula is C24H24ClFN5O3+. The zero-order valence-electron chi connectivity index (χ0n) is 18.7. The van der Waals surface area contributed by atoms with Crippen molar-refractivity contribution >= 4 is 23.1 Å². The van der Waals surface area contributed by atoms with E-state index in [0.29, 0.717) is 34.2 Å². The monoisotopic (exact) mass is 484 g/mol. The number of benzene rings is 1. The SMILES string of the molecule is Cc1nc(C2=C(N)CN(C(=O)c3ccc(F)cc3OCCc3ccc(=O)[nH]c3)C2)[nH+]c(C)c1Cl. The quantitative estimate of drug-likeness (QED) is 0.557. The predicted molar refractivity (Wildman–Crippen MR) is 125 cm³/mol. The molecule has 0 fully saturated rings. The number of hydrogen-bond donors (Lipinski definition) is 2. The number of aromatic nitrogens is 3. The lowest BCUT2D eigenvalue weighted by Crippen LogP contribution is -2.31. The van der Waals surface area contributed by atoms with Crippen molar-refractivity contribution in [3.63, 3.8) is 0 Å². The van der Waals surface area contributed by atoms with Gasteiger partial charge in [0.1, 0.15) is 22.3 Å². The third-order valence-electron chi connectivity index (χ3n) is 5.57. The minimum Gasteiger partial charge on any atom is -0.492 e. The van der Waals surface area contributed by atoms with E-state index in [4.69, 9.17) is 22.1 Å². The third-order valence-corrected chi connectivity index (χ3v) is 6.13. The molecule has 34 heavy (non-hydrogen) atoms. The molecule has 0 saturated heterocycles. The van der Waals surface area contributed by atoms with Crippen molar-refractivity contribution in [2.45, 2.75) is 20.3 Å². The number of hydrogen-bond acceptors (Lipinski definition) is 5. The first-order valence-corrected chi connectivity index (χ1v) is 11.0. The van der Waals surface area contributed by atoms with Crippen LogP contribution in [0.3, 0.4) is 0 Å². The molecular weight excluding hydrogens is 461 g/mol. The third kappa shape index (κ3) is 4.94.